The van der Waals surface area contributed by atoms with Gasteiger partial charge in [0.05, 0.1) is 0 Å². The van der Waals surface area contributed by atoms with Gasteiger partial charge in [0.1, 0.15) is 13.2 Å². The second-order valence-corrected chi connectivity index (χ2v) is 5.87. The number of fused-ring (bicyclic) bond motifs is 1. The normalized spacial score (nSPS) is 15.1. The van der Waals surface area contributed by atoms with E-state index in [0.29, 0.717) is 25.7 Å². The van der Waals surface area contributed by atoms with Crippen LogP contribution in [0.2, 0.25) is 0 Å². The molecule has 0 atom stereocenters. The molecule has 0 amide bonds. The van der Waals surface area contributed by atoms with E-state index in [-0.39, 0.29) is 5.54 Å². The van der Waals surface area contributed by atoms with Crippen LogP contribution in [0.4, 0.5) is 0 Å². The van der Waals surface area contributed by atoms with Crippen LogP contribution in [0.5, 0.6) is 11.5 Å². The quantitative estimate of drug-likeness (QED) is 0.652. The summed E-state index contributed by atoms with van der Waals surface area (Å²) in [5.41, 5.74) is 6.93. The van der Waals surface area contributed by atoms with Gasteiger partial charge in [-0.3, -0.25) is 4.99 Å². The maximum Gasteiger partial charge on any atom is 0.188 e. The van der Waals surface area contributed by atoms with Gasteiger partial charge in [0.25, 0.3) is 0 Å². The molecule has 2 rings (SSSR count). The van der Waals surface area contributed by atoms with E-state index < -0.39 is 0 Å². The van der Waals surface area contributed by atoms with Crippen LogP contribution in [0.15, 0.2) is 23.2 Å². The molecule has 0 spiro atoms. The summed E-state index contributed by atoms with van der Waals surface area (Å²) < 4.78 is 11.1. The highest BCUT2D eigenvalue weighted by molar-refractivity contribution is 5.78. The Morgan fingerprint density at radius 2 is 1.95 bits per heavy atom. The molecule has 0 saturated heterocycles. The Bertz CT molecular complexity index is 492. The molecular weight excluding hydrogens is 254 g/mol. The molecule has 5 heteroatoms. The Balaban J connectivity index is 1.89. The predicted octanol–water partition coefficient (Wildman–Crippen LogP) is 1.70. The van der Waals surface area contributed by atoms with Crippen molar-refractivity contribution >= 4 is 5.96 Å². The van der Waals surface area contributed by atoms with Crippen LogP contribution in [-0.2, 0) is 6.42 Å². The van der Waals surface area contributed by atoms with Crippen LogP contribution in [0, 0.1) is 0 Å². The van der Waals surface area contributed by atoms with E-state index >= 15 is 0 Å². The third-order valence-electron chi connectivity index (χ3n) is 2.79. The maximum absolute atomic E-state index is 5.83. The fourth-order valence-electron chi connectivity index (χ4n) is 1.97. The Kier molecular flexibility index (Phi) is 4.37. The third kappa shape index (κ3) is 4.33. The molecule has 0 saturated carbocycles. The molecule has 1 heterocycles. The summed E-state index contributed by atoms with van der Waals surface area (Å²) in [6.07, 6.45) is 0.823. The Morgan fingerprint density at radius 1 is 1.25 bits per heavy atom. The summed E-state index contributed by atoms with van der Waals surface area (Å²) in [7, 11) is 0. The molecule has 0 aromatic heterocycles. The molecule has 1 aromatic rings. The van der Waals surface area contributed by atoms with E-state index in [1.807, 2.05) is 18.2 Å². The lowest BCUT2D eigenvalue weighted by Gasteiger charge is -2.21. The summed E-state index contributed by atoms with van der Waals surface area (Å²) in [5, 5.41) is 3.14. The van der Waals surface area contributed by atoms with Gasteiger partial charge in [-0.25, -0.2) is 0 Å². The van der Waals surface area contributed by atoms with Crippen molar-refractivity contribution in [2.24, 2.45) is 10.7 Å². The van der Waals surface area contributed by atoms with Gasteiger partial charge in [0, 0.05) is 12.1 Å². The molecule has 3 N–H and O–H groups in total. The Morgan fingerprint density at radius 3 is 2.65 bits per heavy atom. The maximum atomic E-state index is 5.83. The minimum Gasteiger partial charge on any atom is -0.486 e. The molecule has 0 fully saturated rings. The topological polar surface area (TPSA) is 68.9 Å². The van der Waals surface area contributed by atoms with E-state index in [9.17, 15) is 0 Å². The first-order valence-electron chi connectivity index (χ1n) is 6.91. The zero-order chi connectivity index (χ0) is 14.6. The van der Waals surface area contributed by atoms with Gasteiger partial charge in [0.15, 0.2) is 17.5 Å². The van der Waals surface area contributed by atoms with Crippen molar-refractivity contribution in [3.8, 4) is 11.5 Å². The summed E-state index contributed by atoms with van der Waals surface area (Å²) in [6, 6.07) is 6.00. The first kappa shape index (κ1) is 14.5. The standard InChI is InChI=1S/C15H23N3O2/c1-15(2,3)18-14(16)17-7-6-11-4-5-12-13(10-11)20-9-8-19-12/h4-5,10H,6-9H2,1-3H3,(H3,16,17,18). The number of nitrogens with one attached hydrogen (secondary N) is 1. The number of ether oxygens (including phenoxy) is 2. The van der Waals surface area contributed by atoms with Gasteiger partial charge in [0.2, 0.25) is 0 Å². The molecule has 1 aromatic carbocycles. The van der Waals surface area contributed by atoms with Gasteiger partial charge in [-0.05, 0) is 44.9 Å². The first-order chi connectivity index (χ1) is 9.44. The molecule has 0 bridgehead atoms. The molecule has 1 aliphatic rings. The van der Waals surface area contributed by atoms with E-state index in [1.165, 1.54) is 5.56 Å². The molecule has 0 unspecified atom stereocenters. The zero-order valence-corrected chi connectivity index (χ0v) is 12.4. The van der Waals surface area contributed by atoms with E-state index in [0.717, 1.165) is 17.9 Å². The van der Waals surface area contributed by atoms with E-state index in [1.54, 1.807) is 0 Å². The van der Waals surface area contributed by atoms with E-state index in [2.05, 4.69) is 31.1 Å². The van der Waals surface area contributed by atoms with Gasteiger partial charge < -0.3 is 20.5 Å². The summed E-state index contributed by atoms with van der Waals surface area (Å²) in [4.78, 5) is 4.33. The molecule has 0 aliphatic carbocycles. The summed E-state index contributed by atoms with van der Waals surface area (Å²) >= 11 is 0. The van der Waals surface area contributed by atoms with Gasteiger partial charge in [-0.1, -0.05) is 6.07 Å². The fraction of sp³-hybridized carbons (Fsp3) is 0.533. The van der Waals surface area contributed by atoms with Gasteiger partial charge in [-0.15, -0.1) is 0 Å². The monoisotopic (exact) mass is 277 g/mol. The molecule has 20 heavy (non-hydrogen) atoms. The SMILES string of the molecule is CC(C)(C)NC(N)=NCCc1ccc2c(c1)OCCO2. The highest BCUT2D eigenvalue weighted by Gasteiger charge is 2.12. The second kappa shape index (κ2) is 6.03. The lowest BCUT2D eigenvalue weighted by molar-refractivity contribution is 0.171. The van der Waals surface area contributed by atoms with Crippen LogP contribution in [0.25, 0.3) is 0 Å². The summed E-state index contributed by atoms with van der Waals surface area (Å²) in [5.74, 6) is 2.12. The van der Waals surface area contributed by atoms with Crippen LogP contribution >= 0.6 is 0 Å². The highest BCUT2D eigenvalue weighted by Crippen LogP contribution is 2.30. The van der Waals surface area contributed by atoms with Crippen molar-refractivity contribution in [3.05, 3.63) is 23.8 Å². The Hall–Kier alpha value is -1.91. The van der Waals surface area contributed by atoms with Crippen LogP contribution in [0.1, 0.15) is 26.3 Å². The number of guanidine groups is 1. The van der Waals surface area contributed by atoms with Crippen molar-refractivity contribution in [1.29, 1.82) is 0 Å². The highest BCUT2D eigenvalue weighted by atomic mass is 16.6. The van der Waals surface area contributed by atoms with E-state index in [4.69, 9.17) is 15.2 Å². The van der Waals surface area contributed by atoms with Gasteiger partial charge >= 0.3 is 0 Å². The number of aliphatic imine (C=N–C) groups is 1. The molecule has 5 nitrogen and oxygen atoms in total. The summed E-state index contributed by atoms with van der Waals surface area (Å²) in [6.45, 7) is 8.03. The average Bonchev–Trinajstić information content (AvgIpc) is 2.36. The lowest BCUT2D eigenvalue weighted by Crippen LogP contribution is -2.45. The predicted molar refractivity (Wildman–Crippen MR) is 80.5 cm³/mol. The molecule has 110 valence electrons. The lowest BCUT2D eigenvalue weighted by atomic mass is 10.1. The van der Waals surface area contributed by atoms with Crippen molar-refractivity contribution in [2.45, 2.75) is 32.7 Å². The first-order valence-corrected chi connectivity index (χ1v) is 6.91. The number of hydrogen-bond acceptors (Lipinski definition) is 3. The van der Waals surface area contributed by atoms with Crippen LogP contribution < -0.4 is 20.5 Å². The molecular formula is C15H23N3O2. The number of rotatable bonds is 3. The largest absolute Gasteiger partial charge is 0.486 e. The van der Waals surface area contributed by atoms with Crippen molar-refractivity contribution in [1.82, 2.24) is 5.32 Å². The number of nitrogens with zero attached hydrogens (tertiary/aromatic N) is 1. The van der Waals surface area contributed by atoms with Crippen LogP contribution in [-0.4, -0.2) is 31.3 Å². The average molecular weight is 277 g/mol. The molecule has 0 radical (unpaired) electrons. The van der Waals surface area contributed by atoms with Crippen molar-refractivity contribution in [3.63, 3.8) is 0 Å². The second-order valence-electron chi connectivity index (χ2n) is 5.87. The number of hydrogen-bond donors (Lipinski definition) is 2. The minimum atomic E-state index is -0.0649. The Labute approximate surface area is 120 Å². The van der Waals surface area contributed by atoms with Crippen molar-refractivity contribution in [2.75, 3.05) is 19.8 Å². The van der Waals surface area contributed by atoms with Crippen LogP contribution in [0.3, 0.4) is 0 Å². The third-order valence-corrected chi connectivity index (χ3v) is 2.79. The molecule has 1 aliphatic heterocycles. The van der Waals surface area contributed by atoms with Gasteiger partial charge in [-0.2, -0.15) is 0 Å². The smallest absolute Gasteiger partial charge is 0.188 e. The number of nitrogens with two attached hydrogens (primary N) is 1. The fourth-order valence-corrected chi connectivity index (χ4v) is 1.97. The zero-order valence-electron chi connectivity index (χ0n) is 12.4. The van der Waals surface area contributed by atoms with Crippen molar-refractivity contribution < 1.29 is 9.47 Å². The number of benzene rings is 1. The minimum absolute atomic E-state index is 0.0649.